The summed E-state index contributed by atoms with van der Waals surface area (Å²) in [6.45, 7) is 6.98. The van der Waals surface area contributed by atoms with Crippen LogP contribution in [-0.2, 0) is 6.54 Å². The van der Waals surface area contributed by atoms with E-state index >= 15 is 0 Å². The minimum atomic E-state index is -0.128. The summed E-state index contributed by atoms with van der Waals surface area (Å²) in [5.41, 5.74) is 0.631. The van der Waals surface area contributed by atoms with E-state index in [2.05, 4.69) is 41.3 Å². The maximum absolute atomic E-state index is 11.2. The zero-order valence-electron chi connectivity index (χ0n) is 10.7. The zero-order chi connectivity index (χ0) is 13.2. The number of hydrogen-bond donors (Lipinski definition) is 2. The largest absolute Gasteiger partial charge is 0.320 e. The molecular weight excluding hydrogens is 248 g/mol. The average molecular weight is 264 g/mol. The molecule has 0 aliphatic carbocycles. The Morgan fingerprint density at radius 1 is 1.33 bits per heavy atom. The lowest BCUT2D eigenvalue weighted by Gasteiger charge is -2.19. The van der Waals surface area contributed by atoms with Gasteiger partial charge in [-0.2, -0.15) is 0 Å². The number of rotatable bonds is 3. The first-order valence-corrected chi connectivity index (χ1v) is 6.53. The minimum Gasteiger partial charge on any atom is -0.320 e. The van der Waals surface area contributed by atoms with E-state index in [0.29, 0.717) is 12.2 Å². The minimum absolute atomic E-state index is 0.0485. The fraction of sp³-hybridized carbons (Fsp3) is 0.417. The average Bonchev–Trinajstić information content (AvgIpc) is 2.74. The lowest BCUT2D eigenvalue weighted by Crippen LogP contribution is -2.35. The molecule has 0 aliphatic rings. The van der Waals surface area contributed by atoms with Crippen LogP contribution in [0.4, 0.5) is 0 Å². The quantitative estimate of drug-likeness (QED) is 0.886. The monoisotopic (exact) mass is 264 g/mol. The van der Waals surface area contributed by atoms with Crippen molar-refractivity contribution < 1.29 is 0 Å². The molecule has 0 saturated carbocycles. The van der Waals surface area contributed by atoms with Crippen LogP contribution in [0.3, 0.4) is 0 Å². The summed E-state index contributed by atoms with van der Waals surface area (Å²) in [6, 6.07) is 5.01. The summed E-state index contributed by atoms with van der Waals surface area (Å²) in [5, 5.41) is 13.2. The van der Waals surface area contributed by atoms with Gasteiger partial charge in [0.2, 0.25) is 5.56 Å². The summed E-state index contributed by atoms with van der Waals surface area (Å²) < 4.78 is 0. The first-order chi connectivity index (χ1) is 8.44. The van der Waals surface area contributed by atoms with Crippen molar-refractivity contribution in [2.75, 3.05) is 0 Å². The van der Waals surface area contributed by atoms with E-state index in [-0.39, 0.29) is 11.1 Å². The van der Waals surface area contributed by atoms with E-state index in [1.807, 2.05) is 6.07 Å². The van der Waals surface area contributed by atoms with Crippen molar-refractivity contribution in [1.29, 1.82) is 0 Å². The SMILES string of the molecule is CC(C)(C)NCc1nnc(-c2cccc(=O)[nH]2)s1. The topological polar surface area (TPSA) is 70.7 Å². The molecule has 2 aromatic rings. The maximum atomic E-state index is 11.2. The van der Waals surface area contributed by atoms with Crippen LogP contribution < -0.4 is 10.9 Å². The molecule has 0 aromatic carbocycles. The fourth-order valence-electron chi connectivity index (χ4n) is 1.35. The van der Waals surface area contributed by atoms with E-state index in [4.69, 9.17) is 0 Å². The van der Waals surface area contributed by atoms with Crippen LogP contribution in [0.5, 0.6) is 0 Å². The molecule has 5 nitrogen and oxygen atoms in total. The van der Waals surface area contributed by atoms with Crippen molar-refractivity contribution in [3.05, 3.63) is 33.6 Å². The standard InChI is InChI=1S/C12H16N4OS/c1-12(2,3)13-7-10-15-16-11(18-10)8-5-4-6-9(17)14-8/h4-6,13H,7H2,1-3H3,(H,14,17). The highest BCUT2D eigenvalue weighted by Crippen LogP contribution is 2.20. The van der Waals surface area contributed by atoms with E-state index in [9.17, 15) is 4.79 Å². The third-order valence-corrected chi connectivity index (χ3v) is 3.19. The van der Waals surface area contributed by atoms with Gasteiger partial charge in [-0.25, -0.2) is 0 Å². The first kappa shape index (κ1) is 12.9. The van der Waals surface area contributed by atoms with Gasteiger partial charge in [0.1, 0.15) is 5.01 Å². The predicted molar refractivity (Wildman–Crippen MR) is 72.6 cm³/mol. The Labute approximate surface area is 109 Å². The molecular formula is C12H16N4OS. The van der Waals surface area contributed by atoms with Gasteiger partial charge in [-0.15, -0.1) is 10.2 Å². The van der Waals surface area contributed by atoms with Gasteiger partial charge in [-0.3, -0.25) is 4.79 Å². The molecule has 2 rings (SSSR count). The molecule has 6 heteroatoms. The molecule has 0 saturated heterocycles. The number of nitrogens with zero attached hydrogens (tertiary/aromatic N) is 2. The van der Waals surface area contributed by atoms with Crippen LogP contribution in [0.2, 0.25) is 0 Å². The molecule has 18 heavy (non-hydrogen) atoms. The van der Waals surface area contributed by atoms with Gasteiger partial charge in [0.05, 0.1) is 12.2 Å². The van der Waals surface area contributed by atoms with Gasteiger partial charge in [0.25, 0.3) is 0 Å². The van der Waals surface area contributed by atoms with Gasteiger partial charge in [-0.1, -0.05) is 17.4 Å². The van der Waals surface area contributed by atoms with E-state index in [0.717, 1.165) is 10.0 Å². The van der Waals surface area contributed by atoms with E-state index in [1.54, 1.807) is 6.07 Å². The van der Waals surface area contributed by atoms with Crippen LogP contribution in [0, 0.1) is 0 Å². The summed E-state index contributed by atoms with van der Waals surface area (Å²) in [4.78, 5) is 14.0. The number of nitrogens with one attached hydrogen (secondary N) is 2. The van der Waals surface area contributed by atoms with Crippen LogP contribution in [-0.4, -0.2) is 20.7 Å². The summed E-state index contributed by atoms with van der Waals surface area (Å²) in [5.74, 6) is 0. The summed E-state index contributed by atoms with van der Waals surface area (Å²) in [7, 11) is 0. The Hall–Kier alpha value is -1.53. The molecule has 0 unspecified atom stereocenters. The van der Waals surface area contributed by atoms with Gasteiger partial charge < -0.3 is 10.3 Å². The third kappa shape index (κ3) is 3.48. The van der Waals surface area contributed by atoms with Crippen LogP contribution in [0.15, 0.2) is 23.0 Å². The second-order valence-electron chi connectivity index (χ2n) is 5.03. The number of hydrogen-bond acceptors (Lipinski definition) is 5. The number of aromatic nitrogens is 3. The van der Waals surface area contributed by atoms with E-state index < -0.39 is 0 Å². The molecule has 0 bridgehead atoms. The second kappa shape index (κ2) is 4.99. The van der Waals surface area contributed by atoms with Crippen LogP contribution in [0.1, 0.15) is 25.8 Å². The third-order valence-electron chi connectivity index (χ3n) is 2.24. The molecule has 2 aromatic heterocycles. The predicted octanol–water partition coefficient (Wildman–Crippen LogP) is 1.78. The van der Waals surface area contributed by atoms with Gasteiger partial charge in [-0.05, 0) is 26.8 Å². The van der Waals surface area contributed by atoms with Crippen molar-refractivity contribution in [2.45, 2.75) is 32.9 Å². The Kier molecular flexibility index (Phi) is 3.58. The zero-order valence-corrected chi connectivity index (χ0v) is 11.5. The molecule has 0 atom stereocenters. The van der Waals surface area contributed by atoms with Gasteiger partial charge >= 0.3 is 0 Å². The Bertz CT molecular complexity index is 582. The molecule has 2 heterocycles. The first-order valence-electron chi connectivity index (χ1n) is 5.71. The van der Waals surface area contributed by atoms with Crippen LogP contribution in [0.25, 0.3) is 10.7 Å². The molecule has 0 spiro atoms. The Morgan fingerprint density at radius 3 is 2.78 bits per heavy atom. The lowest BCUT2D eigenvalue weighted by molar-refractivity contribution is 0.423. The second-order valence-corrected chi connectivity index (χ2v) is 6.10. The molecule has 0 radical (unpaired) electrons. The molecule has 2 N–H and O–H groups in total. The number of pyridine rings is 1. The fourth-order valence-corrected chi connectivity index (χ4v) is 2.11. The smallest absolute Gasteiger partial charge is 0.248 e. The van der Waals surface area contributed by atoms with Crippen LogP contribution >= 0.6 is 11.3 Å². The number of H-pyrrole nitrogens is 1. The molecule has 0 fully saturated rings. The normalized spacial score (nSPS) is 11.7. The summed E-state index contributed by atoms with van der Waals surface area (Å²) >= 11 is 1.48. The van der Waals surface area contributed by atoms with Crippen molar-refractivity contribution in [3.63, 3.8) is 0 Å². The van der Waals surface area contributed by atoms with E-state index in [1.165, 1.54) is 17.4 Å². The van der Waals surface area contributed by atoms with Crippen molar-refractivity contribution in [1.82, 2.24) is 20.5 Å². The number of aromatic amines is 1. The maximum Gasteiger partial charge on any atom is 0.248 e. The highest BCUT2D eigenvalue weighted by atomic mass is 32.1. The summed E-state index contributed by atoms with van der Waals surface area (Å²) in [6.07, 6.45) is 0. The highest BCUT2D eigenvalue weighted by molar-refractivity contribution is 7.14. The molecule has 0 amide bonds. The van der Waals surface area contributed by atoms with Gasteiger partial charge in [0, 0.05) is 11.6 Å². The van der Waals surface area contributed by atoms with Crippen molar-refractivity contribution in [3.8, 4) is 10.7 Å². The molecule has 96 valence electrons. The lowest BCUT2D eigenvalue weighted by atomic mass is 10.1. The highest BCUT2D eigenvalue weighted by Gasteiger charge is 2.12. The van der Waals surface area contributed by atoms with Crippen molar-refractivity contribution >= 4 is 11.3 Å². The Morgan fingerprint density at radius 2 is 2.11 bits per heavy atom. The van der Waals surface area contributed by atoms with Crippen molar-refractivity contribution in [2.24, 2.45) is 0 Å². The van der Waals surface area contributed by atoms with Gasteiger partial charge in [0.15, 0.2) is 5.01 Å². The Balaban J connectivity index is 2.13. The molecule has 0 aliphatic heterocycles.